The van der Waals surface area contributed by atoms with E-state index >= 15 is 0 Å². The Morgan fingerprint density at radius 2 is 1.77 bits per heavy atom. The molecule has 4 aromatic rings. The van der Waals surface area contributed by atoms with Crippen LogP contribution in [0.1, 0.15) is 16.8 Å². The first-order valence-electron chi connectivity index (χ1n) is 9.56. The van der Waals surface area contributed by atoms with Gasteiger partial charge in [0.1, 0.15) is 11.3 Å². The second-order valence-corrected chi connectivity index (χ2v) is 8.17. The topological polar surface area (TPSA) is 88.4 Å². The number of pyridine rings is 2. The molecular formula is C22H22N4O4S. The lowest BCUT2D eigenvalue weighted by Crippen LogP contribution is -2.14. The van der Waals surface area contributed by atoms with Crippen LogP contribution >= 0.6 is 0 Å². The molecule has 160 valence electrons. The largest absolute Gasteiger partial charge is 0.496 e. The molecular weight excluding hydrogens is 416 g/mol. The van der Waals surface area contributed by atoms with Crippen molar-refractivity contribution < 1.29 is 18.5 Å². The van der Waals surface area contributed by atoms with Crippen molar-refractivity contribution in [3.63, 3.8) is 0 Å². The maximum absolute atomic E-state index is 13.4. The fraction of sp³-hybridized carbons (Fsp3) is 0.227. The molecule has 0 N–H and O–H groups in total. The van der Waals surface area contributed by atoms with Crippen LogP contribution in [0, 0.1) is 13.8 Å². The standard InChI is InChI=1S/C22H22N4O4S/c1-14-12-23-18(15(2)20(14)29-4)13-31(27)22-24-17-10-11-19(28-3)25-21(17)26(22)30-16-8-6-5-7-9-16/h5-12H,13H2,1-4H3. The maximum Gasteiger partial charge on any atom is 0.237 e. The van der Waals surface area contributed by atoms with Crippen LogP contribution in [0.2, 0.25) is 0 Å². The average molecular weight is 439 g/mol. The van der Waals surface area contributed by atoms with E-state index in [2.05, 4.69) is 15.0 Å². The summed E-state index contributed by atoms with van der Waals surface area (Å²) in [5, 5.41) is 0.236. The fourth-order valence-electron chi connectivity index (χ4n) is 3.23. The smallest absolute Gasteiger partial charge is 0.237 e. The van der Waals surface area contributed by atoms with Crippen molar-refractivity contribution >= 4 is 22.0 Å². The average Bonchev–Trinajstić information content (AvgIpc) is 3.14. The normalized spacial score (nSPS) is 12.0. The zero-order valence-electron chi connectivity index (χ0n) is 17.7. The fourth-order valence-corrected chi connectivity index (χ4v) is 4.41. The minimum Gasteiger partial charge on any atom is -0.496 e. The molecule has 1 atom stereocenters. The number of rotatable bonds is 7. The molecule has 0 amide bonds. The van der Waals surface area contributed by atoms with Gasteiger partial charge in [0.05, 0.1) is 36.5 Å². The summed E-state index contributed by atoms with van der Waals surface area (Å²) in [5.74, 6) is 1.86. The molecule has 1 unspecified atom stereocenters. The van der Waals surface area contributed by atoms with Gasteiger partial charge in [-0.3, -0.25) is 9.19 Å². The number of methoxy groups -OCH3 is 2. The number of imidazole rings is 1. The Balaban J connectivity index is 1.77. The van der Waals surface area contributed by atoms with Gasteiger partial charge in [0.15, 0.2) is 5.75 Å². The van der Waals surface area contributed by atoms with Gasteiger partial charge in [0.25, 0.3) is 0 Å². The van der Waals surface area contributed by atoms with Gasteiger partial charge < -0.3 is 14.3 Å². The molecule has 31 heavy (non-hydrogen) atoms. The number of aromatic nitrogens is 4. The second-order valence-electron chi connectivity index (χ2n) is 6.83. The van der Waals surface area contributed by atoms with E-state index in [-0.39, 0.29) is 10.9 Å². The molecule has 0 saturated carbocycles. The van der Waals surface area contributed by atoms with E-state index in [1.165, 1.54) is 11.8 Å². The summed E-state index contributed by atoms with van der Waals surface area (Å²) in [6, 6.07) is 12.6. The van der Waals surface area contributed by atoms with Crippen molar-refractivity contribution in [2.24, 2.45) is 0 Å². The Labute approximate surface area is 182 Å². The number of hydrogen-bond acceptors (Lipinski definition) is 7. The van der Waals surface area contributed by atoms with E-state index in [9.17, 15) is 4.21 Å². The zero-order valence-corrected chi connectivity index (χ0v) is 18.5. The van der Waals surface area contributed by atoms with E-state index in [0.29, 0.717) is 28.5 Å². The molecule has 0 radical (unpaired) electrons. The number of ether oxygens (including phenoxy) is 2. The van der Waals surface area contributed by atoms with Gasteiger partial charge in [-0.05, 0) is 32.0 Å². The van der Waals surface area contributed by atoms with Crippen molar-refractivity contribution in [1.29, 1.82) is 0 Å². The highest BCUT2D eigenvalue weighted by Crippen LogP contribution is 2.27. The lowest BCUT2D eigenvalue weighted by atomic mass is 10.1. The molecule has 0 aliphatic carbocycles. The van der Waals surface area contributed by atoms with Crippen LogP contribution < -0.4 is 14.3 Å². The predicted octanol–water partition coefficient (Wildman–Crippen LogP) is 3.61. The Hall–Kier alpha value is -3.46. The quantitative estimate of drug-likeness (QED) is 0.435. The first kappa shape index (κ1) is 20.8. The van der Waals surface area contributed by atoms with Gasteiger partial charge in [0.2, 0.25) is 16.7 Å². The first-order chi connectivity index (χ1) is 15.0. The van der Waals surface area contributed by atoms with Crippen molar-refractivity contribution in [3.8, 4) is 17.4 Å². The van der Waals surface area contributed by atoms with Crippen LogP contribution in [0.3, 0.4) is 0 Å². The minimum atomic E-state index is -1.56. The van der Waals surface area contributed by atoms with Gasteiger partial charge >= 0.3 is 0 Å². The van der Waals surface area contributed by atoms with Crippen molar-refractivity contribution in [1.82, 2.24) is 19.7 Å². The minimum absolute atomic E-state index is 0.154. The molecule has 0 aliphatic heterocycles. The summed E-state index contributed by atoms with van der Waals surface area (Å²) in [6.45, 7) is 3.83. The van der Waals surface area contributed by atoms with E-state index in [1.807, 2.05) is 32.0 Å². The Morgan fingerprint density at radius 3 is 2.48 bits per heavy atom. The van der Waals surface area contributed by atoms with E-state index in [0.717, 1.165) is 16.9 Å². The summed E-state index contributed by atoms with van der Waals surface area (Å²) in [6.07, 6.45) is 1.72. The highest BCUT2D eigenvalue weighted by Gasteiger charge is 2.22. The molecule has 1 aromatic carbocycles. The molecule has 0 spiro atoms. The molecule has 3 aromatic heterocycles. The Kier molecular flexibility index (Phi) is 5.85. The van der Waals surface area contributed by atoms with Crippen LogP contribution in [-0.4, -0.2) is 38.1 Å². The highest BCUT2D eigenvalue weighted by atomic mass is 32.2. The molecule has 0 aliphatic rings. The second kappa shape index (κ2) is 8.73. The van der Waals surface area contributed by atoms with Gasteiger partial charge in [-0.1, -0.05) is 18.2 Å². The third-order valence-electron chi connectivity index (χ3n) is 4.78. The number of para-hydroxylation sites is 1. The lowest BCUT2D eigenvalue weighted by molar-refractivity contribution is 0.198. The lowest BCUT2D eigenvalue weighted by Gasteiger charge is -2.13. The number of aryl methyl sites for hydroxylation is 1. The maximum atomic E-state index is 13.4. The molecule has 3 heterocycles. The van der Waals surface area contributed by atoms with Gasteiger partial charge in [-0.15, -0.1) is 4.73 Å². The van der Waals surface area contributed by atoms with Crippen LogP contribution in [0.5, 0.6) is 17.4 Å². The molecule has 9 heteroatoms. The third-order valence-corrected chi connectivity index (χ3v) is 5.98. The van der Waals surface area contributed by atoms with Crippen LogP contribution in [-0.2, 0) is 16.6 Å². The molecule has 0 saturated heterocycles. The Morgan fingerprint density at radius 1 is 1.00 bits per heavy atom. The summed E-state index contributed by atoms with van der Waals surface area (Å²) in [5.41, 5.74) is 3.40. The third kappa shape index (κ3) is 4.09. The molecule has 0 bridgehead atoms. The SMILES string of the molecule is COc1ccc2nc(S(=O)Cc3ncc(C)c(OC)c3C)n(Oc3ccccc3)c2n1. The van der Waals surface area contributed by atoms with Crippen LogP contribution in [0.15, 0.2) is 53.8 Å². The van der Waals surface area contributed by atoms with E-state index < -0.39 is 10.8 Å². The molecule has 4 rings (SSSR count). The van der Waals surface area contributed by atoms with Gasteiger partial charge in [-0.2, -0.15) is 4.98 Å². The highest BCUT2D eigenvalue weighted by molar-refractivity contribution is 7.84. The van der Waals surface area contributed by atoms with Crippen molar-refractivity contribution in [2.75, 3.05) is 14.2 Å². The number of hydrogen-bond donors (Lipinski definition) is 0. The monoisotopic (exact) mass is 438 g/mol. The summed E-state index contributed by atoms with van der Waals surface area (Å²) >= 11 is 0. The summed E-state index contributed by atoms with van der Waals surface area (Å²) in [7, 11) is 1.59. The van der Waals surface area contributed by atoms with Gasteiger partial charge in [-0.25, -0.2) is 4.98 Å². The van der Waals surface area contributed by atoms with E-state index in [1.54, 1.807) is 37.6 Å². The predicted molar refractivity (Wildman–Crippen MR) is 117 cm³/mol. The zero-order chi connectivity index (χ0) is 22.0. The Bertz CT molecular complexity index is 1260. The first-order valence-corrected chi connectivity index (χ1v) is 10.9. The van der Waals surface area contributed by atoms with Crippen LogP contribution in [0.4, 0.5) is 0 Å². The molecule has 0 fully saturated rings. The summed E-state index contributed by atoms with van der Waals surface area (Å²) in [4.78, 5) is 19.4. The van der Waals surface area contributed by atoms with Gasteiger partial charge in [0, 0.05) is 23.4 Å². The van der Waals surface area contributed by atoms with Crippen molar-refractivity contribution in [2.45, 2.75) is 24.8 Å². The van der Waals surface area contributed by atoms with E-state index in [4.69, 9.17) is 14.3 Å². The molecule has 8 nitrogen and oxygen atoms in total. The summed E-state index contributed by atoms with van der Waals surface area (Å²) < 4.78 is 25.5. The number of benzene rings is 1. The van der Waals surface area contributed by atoms with Crippen LogP contribution in [0.25, 0.3) is 11.2 Å². The number of fused-ring (bicyclic) bond motifs is 1. The number of nitrogens with zero attached hydrogens (tertiary/aromatic N) is 4. The van der Waals surface area contributed by atoms with Crippen molar-refractivity contribution in [3.05, 3.63) is 65.5 Å².